The van der Waals surface area contributed by atoms with E-state index in [0.717, 1.165) is 12.1 Å². The van der Waals surface area contributed by atoms with Crippen molar-refractivity contribution in [2.45, 2.75) is 25.8 Å². The first kappa shape index (κ1) is 14.3. The molecule has 1 aromatic carbocycles. The quantitative estimate of drug-likeness (QED) is 0.480. The number of alkyl halides is 3. The molecular weight excluding hydrogens is 309 g/mol. The van der Waals surface area contributed by atoms with Crippen molar-refractivity contribution >= 4 is 24.0 Å². The maximum atomic E-state index is 12.5. The summed E-state index contributed by atoms with van der Waals surface area (Å²) in [5.74, 6) is 2.83. The fourth-order valence-electron chi connectivity index (χ4n) is 1.05. The van der Waals surface area contributed by atoms with E-state index in [1.54, 1.807) is 0 Å². The Morgan fingerprint density at radius 1 is 1.18 bits per heavy atom. The highest BCUT2D eigenvalue weighted by atomic mass is 79.9. The third-order valence-corrected chi connectivity index (χ3v) is 3.43. The summed E-state index contributed by atoms with van der Waals surface area (Å²) in [6, 6.07) is 3.51. The van der Waals surface area contributed by atoms with Crippen LogP contribution in [0.4, 0.5) is 13.2 Å². The van der Waals surface area contributed by atoms with Crippen LogP contribution in [0, 0.1) is 11.5 Å². The Morgan fingerprint density at radius 3 is 2.24 bits per heavy atom. The molecule has 0 nitrogen and oxygen atoms in total. The molecule has 0 fully saturated rings. The normalized spacial score (nSPS) is 11.9. The zero-order valence-electron chi connectivity index (χ0n) is 9.74. The Labute approximate surface area is 108 Å². The second kappa shape index (κ2) is 4.87. The van der Waals surface area contributed by atoms with E-state index in [9.17, 15) is 13.2 Å². The number of halogens is 4. The van der Waals surface area contributed by atoms with Crippen molar-refractivity contribution in [2.24, 2.45) is 0 Å². The smallest absolute Gasteiger partial charge is 0.166 e. The van der Waals surface area contributed by atoms with Crippen LogP contribution in [0.5, 0.6) is 0 Å². The fourth-order valence-corrected chi connectivity index (χ4v) is 1.91. The van der Waals surface area contributed by atoms with E-state index in [4.69, 9.17) is 0 Å². The number of rotatable bonds is 0. The van der Waals surface area contributed by atoms with Crippen LogP contribution in [0.2, 0.25) is 19.6 Å². The SMILES string of the molecule is C[Si](C)(C)C#Cc1cc(C(F)(F)F)ccc1Br. The topological polar surface area (TPSA) is 0 Å². The maximum Gasteiger partial charge on any atom is 0.416 e. The van der Waals surface area contributed by atoms with Gasteiger partial charge < -0.3 is 0 Å². The van der Waals surface area contributed by atoms with Crippen molar-refractivity contribution in [3.8, 4) is 11.5 Å². The van der Waals surface area contributed by atoms with Gasteiger partial charge in [0.2, 0.25) is 0 Å². The molecule has 0 radical (unpaired) electrons. The summed E-state index contributed by atoms with van der Waals surface area (Å²) in [4.78, 5) is 0. The molecule has 5 heteroatoms. The lowest BCUT2D eigenvalue weighted by Gasteiger charge is -2.08. The first-order valence-corrected chi connectivity index (χ1v) is 9.29. The summed E-state index contributed by atoms with van der Waals surface area (Å²) in [7, 11) is -1.59. The third kappa shape index (κ3) is 4.56. The zero-order valence-corrected chi connectivity index (χ0v) is 12.3. The minimum absolute atomic E-state index is 0.391. The standard InChI is InChI=1S/C12H12BrF3Si/c1-17(2,3)7-6-9-8-10(12(14,15)16)4-5-11(9)13/h4-5,8H,1-3H3. The Bertz CT molecular complexity index is 475. The fraction of sp³-hybridized carbons (Fsp3) is 0.333. The van der Waals surface area contributed by atoms with Crippen molar-refractivity contribution < 1.29 is 13.2 Å². The average molecular weight is 321 g/mol. The molecule has 0 aliphatic heterocycles. The summed E-state index contributed by atoms with van der Waals surface area (Å²) in [6.45, 7) is 6.13. The first-order chi connectivity index (χ1) is 7.59. The van der Waals surface area contributed by atoms with Crippen LogP contribution in [0.15, 0.2) is 22.7 Å². The predicted octanol–water partition coefficient (Wildman–Crippen LogP) is 4.70. The van der Waals surface area contributed by atoms with Crippen LogP contribution in [0.25, 0.3) is 0 Å². The minimum Gasteiger partial charge on any atom is -0.166 e. The van der Waals surface area contributed by atoms with Gasteiger partial charge in [-0.15, -0.1) is 5.54 Å². The van der Waals surface area contributed by atoms with Crippen molar-refractivity contribution in [2.75, 3.05) is 0 Å². The summed E-state index contributed by atoms with van der Waals surface area (Å²) < 4.78 is 38.2. The molecule has 0 saturated heterocycles. The molecule has 0 unspecified atom stereocenters. The van der Waals surface area contributed by atoms with Gasteiger partial charge in [0.25, 0.3) is 0 Å². The largest absolute Gasteiger partial charge is 0.416 e. The Kier molecular flexibility index (Phi) is 4.10. The van der Waals surface area contributed by atoms with Crippen LogP contribution in [0.3, 0.4) is 0 Å². The lowest BCUT2D eigenvalue weighted by Crippen LogP contribution is -2.16. The summed E-state index contributed by atoms with van der Waals surface area (Å²) >= 11 is 3.21. The van der Waals surface area contributed by atoms with Crippen LogP contribution < -0.4 is 0 Å². The first-order valence-electron chi connectivity index (χ1n) is 4.99. The molecule has 0 heterocycles. The lowest BCUT2D eigenvalue weighted by molar-refractivity contribution is -0.137. The van der Waals surface area contributed by atoms with Crippen LogP contribution in [-0.4, -0.2) is 8.07 Å². The molecule has 1 rings (SSSR count). The highest BCUT2D eigenvalue weighted by Gasteiger charge is 2.30. The van der Waals surface area contributed by atoms with E-state index in [-0.39, 0.29) is 0 Å². The van der Waals surface area contributed by atoms with Gasteiger partial charge in [-0.2, -0.15) is 13.2 Å². The highest BCUT2D eigenvalue weighted by Crippen LogP contribution is 2.31. The van der Waals surface area contributed by atoms with Crippen LogP contribution >= 0.6 is 15.9 Å². The van der Waals surface area contributed by atoms with E-state index in [1.165, 1.54) is 6.07 Å². The summed E-state index contributed by atoms with van der Waals surface area (Å²) in [5, 5.41) is 0. The zero-order chi connectivity index (χ0) is 13.3. The molecule has 0 amide bonds. The van der Waals surface area contributed by atoms with Gasteiger partial charge in [-0.05, 0) is 34.1 Å². The van der Waals surface area contributed by atoms with E-state index < -0.39 is 19.8 Å². The Morgan fingerprint density at radius 2 is 1.76 bits per heavy atom. The molecule has 0 spiro atoms. The number of hydrogen-bond donors (Lipinski definition) is 0. The molecule has 1 aromatic rings. The maximum absolute atomic E-state index is 12.5. The van der Waals surface area contributed by atoms with Gasteiger partial charge in [-0.3, -0.25) is 0 Å². The van der Waals surface area contributed by atoms with Gasteiger partial charge in [-0.1, -0.05) is 25.6 Å². The van der Waals surface area contributed by atoms with Crippen molar-refractivity contribution in [3.63, 3.8) is 0 Å². The lowest BCUT2D eigenvalue weighted by atomic mass is 10.1. The van der Waals surface area contributed by atoms with E-state index in [1.807, 2.05) is 19.6 Å². The van der Waals surface area contributed by atoms with Gasteiger partial charge in [0.05, 0.1) is 5.56 Å². The highest BCUT2D eigenvalue weighted by molar-refractivity contribution is 9.10. The molecule has 0 saturated carbocycles. The van der Waals surface area contributed by atoms with Crippen LogP contribution in [-0.2, 0) is 6.18 Å². The van der Waals surface area contributed by atoms with Gasteiger partial charge in [0.1, 0.15) is 8.07 Å². The molecule has 0 aliphatic carbocycles. The minimum atomic E-state index is -4.32. The average Bonchev–Trinajstić information content (AvgIpc) is 2.13. The molecule has 0 N–H and O–H groups in total. The van der Waals surface area contributed by atoms with Crippen LogP contribution in [0.1, 0.15) is 11.1 Å². The molecule has 0 atom stereocenters. The number of hydrogen-bond acceptors (Lipinski definition) is 0. The molecule has 17 heavy (non-hydrogen) atoms. The molecule has 0 aliphatic rings. The molecule has 0 aromatic heterocycles. The molecular formula is C12H12BrF3Si. The molecule has 92 valence electrons. The van der Waals surface area contributed by atoms with E-state index in [0.29, 0.717) is 10.0 Å². The predicted molar refractivity (Wildman–Crippen MR) is 69.4 cm³/mol. The second-order valence-corrected chi connectivity index (χ2v) is 10.3. The summed E-state index contributed by atoms with van der Waals surface area (Å²) in [5.41, 5.74) is 2.77. The Balaban J connectivity index is 3.20. The number of benzene rings is 1. The van der Waals surface area contributed by atoms with Gasteiger partial charge >= 0.3 is 6.18 Å². The monoisotopic (exact) mass is 320 g/mol. The van der Waals surface area contributed by atoms with E-state index in [2.05, 4.69) is 27.4 Å². The Hall–Kier alpha value is -0.733. The van der Waals surface area contributed by atoms with Crippen molar-refractivity contribution in [1.82, 2.24) is 0 Å². The van der Waals surface area contributed by atoms with Crippen molar-refractivity contribution in [3.05, 3.63) is 33.8 Å². The van der Waals surface area contributed by atoms with Gasteiger partial charge in [-0.25, -0.2) is 0 Å². The van der Waals surface area contributed by atoms with Gasteiger partial charge in [0, 0.05) is 10.0 Å². The van der Waals surface area contributed by atoms with Gasteiger partial charge in [0.15, 0.2) is 0 Å². The third-order valence-electron chi connectivity index (χ3n) is 1.87. The molecule has 0 bridgehead atoms. The van der Waals surface area contributed by atoms with Crippen molar-refractivity contribution in [1.29, 1.82) is 0 Å². The summed E-state index contributed by atoms with van der Waals surface area (Å²) in [6.07, 6.45) is -4.32. The van der Waals surface area contributed by atoms with E-state index >= 15 is 0 Å². The second-order valence-electron chi connectivity index (χ2n) is 4.69.